The van der Waals surface area contributed by atoms with Crippen molar-refractivity contribution in [1.29, 1.82) is 0 Å². The number of hydrogen-bond donors (Lipinski definition) is 1. The highest BCUT2D eigenvalue weighted by Gasteiger charge is 2.33. The first kappa shape index (κ1) is 19.3. The molecule has 140 valence electrons. The largest absolute Gasteiger partial charge is 0.733 e. The lowest BCUT2D eigenvalue weighted by atomic mass is 10.2. The van der Waals surface area contributed by atoms with Crippen LogP contribution >= 0.6 is 0 Å². The molecule has 8 heteroatoms. The van der Waals surface area contributed by atoms with Gasteiger partial charge in [0.05, 0.1) is 5.69 Å². The number of ether oxygens (including phenoxy) is 2. The Morgan fingerprint density at radius 1 is 1.36 bits per heavy atom. The number of carbonyl (C=O) groups excluding carboxylic acids is 1. The minimum atomic E-state index is -0.574. The predicted octanol–water partition coefficient (Wildman–Crippen LogP) is 3.69. The van der Waals surface area contributed by atoms with E-state index in [9.17, 15) is 14.4 Å². The van der Waals surface area contributed by atoms with Crippen LogP contribution < -0.4 is 9.96 Å². The Labute approximate surface area is 146 Å². The summed E-state index contributed by atoms with van der Waals surface area (Å²) in [5, 5.41) is 19.9. The minimum absolute atomic E-state index is 0.0249. The standard InChI is InChI=1S/C17H24FN2O5/c1-17(2,3)25-16(21)19(4)12-6-7-13(10-12)24-15-9-11(18)5-8-14(15)20(22)23/h5,8-9,12-13,22H,6-7,10H2,1-4H3/q-1/t12-,13-/m0/s1. The summed E-state index contributed by atoms with van der Waals surface area (Å²) in [5.41, 5.74) is -0.736. The van der Waals surface area contributed by atoms with Gasteiger partial charge < -0.3 is 24.8 Å². The summed E-state index contributed by atoms with van der Waals surface area (Å²) < 4.78 is 24.4. The van der Waals surface area contributed by atoms with Crippen LogP contribution in [-0.2, 0) is 4.74 Å². The van der Waals surface area contributed by atoms with Gasteiger partial charge in [0.15, 0.2) is 0 Å². The van der Waals surface area contributed by atoms with E-state index in [2.05, 4.69) is 0 Å². The second-order valence-corrected chi connectivity index (χ2v) is 7.18. The van der Waals surface area contributed by atoms with E-state index >= 15 is 0 Å². The first-order valence-corrected chi connectivity index (χ1v) is 8.15. The molecule has 7 nitrogen and oxygen atoms in total. The fourth-order valence-electron chi connectivity index (χ4n) is 2.78. The van der Waals surface area contributed by atoms with Crippen LogP contribution in [0.1, 0.15) is 40.0 Å². The highest BCUT2D eigenvalue weighted by molar-refractivity contribution is 5.68. The van der Waals surface area contributed by atoms with Crippen molar-refractivity contribution >= 4 is 11.8 Å². The zero-order valence-corrected chi connectivity index (χ0v) is 14.9. The molecule has 0 heterocycles. The Morgan fingerprint density at radius 3 is 2.64 bits per heavy atom. The molecular weight excluding hydrogens is 331 g/mol. The molecular formula is C17H24FN2O5-. The summed E-state index contributed by atoms with van der Waals surface area (Å²) in [6.07, 6.45) is 1.15. The van der Waals surface area contributed by atoms with Crippen molar-refractivity contribution in [2.24, 2.45) is 0 Å². The van der Waals surface area contributed by atoms with E-state index in [1.165, 1.54) is 4.90 Å². The maximum atomic E-state index is 13.4. The first-order valence-electron chi connectivity index (χ1n) is 8.15. The molecule has 1 aromatic carbocycles. The van der Waals surface area contributed by atoms with Gasteiger partial charge in [-0.15, -0.1) is 0 Å². The molecule has 0 unspecified atom stereocenters. The molecule has 0 bridgehead atoms. The Bertz CT molecular complexity index is 618. The summed E-state index contributed by atoms with van der Waals surface area (Å²) in [6, 6.07) is 3.20. The van der Waals surface area contributed by atoms with E-state index < -0.39 is 17.5 Å². The van der Waals surface area contributed by atoms with Crippen molar-refractivity contribution in [3.8, 4) is 5.75 Å². The first-order chi connectivity index (χ1) is 11.6. The van der Waals surface area contributed by atoms with Gasteiger partial charge >= 0.3 is 6.09 Å². The SMILES string of the molecule is CN(C(=O)OC(C)(C)C)[C@H]1CC[C@H](Oc2cc(F)ccc2N([O-])O)C1. The smallest absolute Gasteiger partial charge is 0.410 e. The number of hydrogen-bond acceptors (Lipinski definition) is 6. The molecule has 1 amide bonds. The number of benzene rings is 1. The average Bonchev–Trinajstić information content (AvgIpc) is 2.92. The molecule has 0 saturated heterocycles. The van der Waals surface area contributed by atoms with Crippen LogP contribution in [0.25, 0.3) is 0 Å². The lowest BCUT2D eigenvalue weighted by molar-refractivity contribution is 0.0219. The molecule has 1 aliphatic rings. The topological polar surface area (TPSA) is 85.3 Å². The third-order valence-corrected chi connectivity index (χ3v) is 4.01. The second-order valence-electron chi connectivity index (χ2n) is 7.18. The molecule has 1 N–H and O–H groups in total. The van der Waals surface area contributed by atoms with Crippen molar-refractivity contribution < 1.29 is 23.9 Å². The van der Waals surface area contributed by atoms with Crippen molar-refractivity contribution in [2.75, 3.05) is 12.3 Å². The highest BCUT2D eigenvalue weighted by Crippen LogP contribution is 2.33. The van der Waals surface area contributed by atoms with Crippen molar-refractivity contribution in [2.45, 2.75) is 57.8 Å². The fraction of sp³-hybridized carbons (Fsp3) is 0.588. The van der Waals surface area contributed by atoms with Gasteiger partial charge in [0.1, 0.15) is 23.3 Å². The minimum Gasteiger partial charge on any atom is -0.733 e. The second kappa shape index (κ2) is 7.45. The molecule has 1 fully saturated rings. The lowest BCUT2D eigenvalue weighted by Gasteiger charge is -2.29. The van der Waals surface area contributed by atoms with Crippen LogP contribution in [0, 0.1) is 11.0 Å². The molecule has 0 radical (unpaired) electrons. The van der Waals surface area contributed by atoms with Gasteiger partial charge in [-0.25, -0.2) is 9.18 Å². The lowest BCUT2D eigenvalue weighted by Crippen LogP contribution is -2.40. The molecule has 0 aromatic heterocycles. The zero-order chi connectivity index (χ0) is 18.8. The third-order valence-electron chi connectivity index (χ3n) is 4.01. The molecule has 2 atom stereocenters. The average molecular weight is 355 g/mol. The quantitative estimate of drug-likeness (QED) is 0.829. The van der Waals surface area contributed by atoms with Gasteiger partial charge in [0.25, 0.3) is 0 Å². The summed E-state index contributed by atoms with van der Waals surface area (Å²) in [7, 11) is 1.67. The molecule has 25 heavy (non-hydrogen) atoms. The van der Waals surface area contributed by atoms with Crippen LogP contribution in [0.15, 0.2) is 18.2 Å². The Morgan fingerprint density at radius 2 is 2.04 bits per heavy atom. The number of amides is 1. The summed E-state index contributed by atoms with van der Waals surface area (Å²) in [5.74, 6) is -0.593. The van der Waals surface area contributed by atoms with Crippen LogP contribution in [-0.4, -0.2) is 41.0 Å². The van der Waals surface area contributed by atoms with Crippen LogP contribution in [0.2, 0.25) is 0 Å². The number of carbonyl (C=O) groups is 1. The molecule has 1 saturated carbocycles. The summed E-state index contributed by atoms with van der Waals surface area (Å²) >= 11 is 0. The molecule has 1 aromatic rings. The van der Waals surface area contributed by atoms with Gasteiger partial charge in [0.2, 0.25) is 0 Å². The normalized spacial score (nSPS) is 20.3. The third kappa shape index (κ3) is 5.20. The van der Waals surface area contributed by atoms with E-state index in [1.807, 2.05) is 0 Å². The highest BCUT2D eigenvalue weighted by atomic mass is 19.1. The van der Waals surface area contributed by atoms with E-state index in [0.717, 1.165) is 18.2 Å². The Kier molecular flexibility index (Phi) is 5.74. The summed E-state index contributed by atoms with van der Waals surface area (Å²) in [6.45, 7) is 5.40. The summed E-state index contributed by atoms with van der Waals surface area (Å²) in [4.78, 5) is 13.7. The van der Waals surface area contributed by atoms with E-state index in [4.69, 9.17) is 14.7 Å². The maximum Gasteiger partial charge on any atom is 0.410 e. The van der Waals surface area contributed by atoms with Crippen molar-refractivity contribution in [3.63, 3.8) is 0 Å². The Balaban J connectivity index is 2.00. The van der Waals surface area contributed by atoms with Gasteiger partial charge in [-0.05, 0) is 45.7 Å². The molecule has 0 spiro atoms. The van der Waals surface area contributed by atoms with E-state index in [-0.39, 0.29) is 28.8 Å². The van der Waals surface area contributed by atoms with Crippen LogP contribution in [0.3, 0.4) is 0 Å². The zero-order valence-electron chi connectivity index (χ0n) is 14.9. The number of anilines is 1. The van der Waals surface area contributed by atoms with Crippen molar-refractivity contribution in [1.82, 2.24) is 4.90 Å². The molecule has 2 rings (SSSR count). The van der Waals surface area contributed by atoms with Gasteiger partial charge in [-0.2, -0.15) is 0 Å². The van der Waals surface area contributed by atoms with E-state index in [1.54, 1.807) is 27.8 Å². The van der Waals surface area contributed by atoms with E-state index in [0.29, 0.717) is 19.3 Å². The van der Waals surface area contributed by atoms with Gasteiger partial charge in [-0.1, -0.05) is 0 Å². The van der Waals surface area contributed by atoms with Gasteiger partial charge in [0, 0.05) is 25.6 Å². The monoisotopic (exact) mass is 355 g/mol. The Hall–Kier alpha value is -2.06. The van der Waals surface area contributed by atoms with Crippen LogP contribution in [0.5, 0.6) is 5.75 Å². The fourth-order valence-corrected chi connectivity index (χ4v) is 2.78. The number of halogens is 1. The van der Waals surface area contributed by atoms with Gasteiger partial charge in [-0.3, -0.25) is 5.21 Å². The number of rotatable bonds is 4. The predicted molar refractivity (Wildman–Crippen MR) is 90.1 cm³/mol. The van der Waals surface area contributed by atoms with Crippen LogP contribution in [0.4, 0.5) is 14.9 Å². The maximum absolute atomic E-state index is 13.4. The van der Waals surface area contributed by atoms with Crippen molar-refractivity contribution in [3.05, 3.63) is 29.2 Å². The molecule has 0 aliphatic heterocycles. The number of nitrogens with zero attached hydrogens (tertiary/aromatic N) is 2. The molecule has 1 aliphatic carbocycles.